The van der Waals surface area contributed by atoms with Crippen molar-refractivity contribution in [1.82, 2.24) is 18.8 Å². The number of hydrogen-bond donors (Lipinski definition) is 1. The second-order valence-corrected chi connectivity index (χ2v) is 9.98. The number of likely N-dealkylation sites (tertiary alicyclic amines) is 1. The normalized spacial score (nSPS) is 15.2. The van der Waals surface area contributed by atoms with Gasteiger partial charge in [-0.2, -0.15) is 3.97 Å². The van der Waals surface area contributed by atoms with Crippen LogP contribution in [0.1, 0.15) is 24.8 Å². The van der Waals surface area contributed by atoms with Crippen molar-refractivity contribution >= 4 is 27.0 Å². The van der Waals surface area contributed by atoms with Crippen LogP contribution in [-0.2, 0) is 21.4 Å². The Hall–Kier alpha value is -2.91. The summed E-state index contributed by atoms with van der Waals surface area (Å²) in [5, 5.41) is 2.86. The highest BCUT2D eigenvalue weighted by atomic mass is 32.2. The number of para-hydroxylation sites is 2. The summed E-state index contributed by atoms with van der Waals surface area (Å²) in [5.74, 6) is -0.319. The molecule has 1 fully saturated rings. The number of carbonyl (C=O) groups excluding carboxylic acids is 1. The number of carbonyl (C=O) groups is 1. The summed E-state index contributed by atoms with van der Waals surface area (Å²) in [6, 6.07) is 13.1. The molecule has 1 aliphatic rings. The summed E-state index contributed by atoms with van der Waals surface area (Å²) < 4.78 is 28.6. The van der Waals surface area contributed by atoms with Gasteiger partial charge < -0.3 is 10.2 Å². The first-order valence-corrected chi connectivity index (χ1v) is 12.3. The molecule has 2 heterocycles. The van der Waals surface area contributed by atoms with Crippen LogP contribution in [0, 0.1) is 6.92 Å². The van der Waals surface area contributed by atoms with Crippen LogP contribution in [0.2, 0.25) is 0 Å². The van der Waals surface area contributed by atoms with Crippen LogP contribution in [0.4, 0.5) is 0 Å². The number of rotatable bonds is 7. The third-order valence-corrected chi connectivity index (χ3v) is 7.51. The SMILES string of the molecule is Cc1cccc(S(=O)(=O)n2c(=O)n(CC(=O)NCCN3CCCCC3)c3ccccc32)c1. The molecule has 0 radical (unpaired) electrons. The number of hydrogen-bond acceptors (Lipinski definition) is 5. The second-order valence-electron chi connectivity index (χ2n) is 8.20. The third-order valence-electron chi connectivity index (χ3n) is 5.82. The number of nitrogens with one attached hydrogen (secondary N) is 1. The summed E-state index contributed by atoms with van der Waals surface area (Å²) in [6.45, 7) is 4.90. The molecule has 0 bridgehead atoms. The minimum Gasteiger partial charge on any atom is -0.353 e. The van der Waals surface area contributed by atoms with Gasteiger partial charge in [0.25, 0.3) is 10.0 Å². The van der Waals surface area contributed by atoms with E-state index in [0.29, 0.717) is 12.1 Å². The average Bonchev–Trinajstić information content (AvgIpc) is 3.06. The van der Waals surface area contributed by atoms with Crippen LogP contribution in [0.5, 0.6) is 0 Å². The average molecular weight is 457 g/mol. The zero-order chi connectivity index (χ0) is 22.7. The Labute approximate surface area is 187 Å². The van der Waals surface area contributed by atoms with Gasteiger partial charge in [-0.25, -0.2) is 13.2 Å². The highest BCUT2D eigenvalue weighted by Crippen LogP contribution is 2.20. The topological polar surface area (TPSA) is 93.4 Å². The van der Waals surface area contributed by atoms with Crippen molar-refractivity contribution in [3.05, 3.63) is 64.6 Å². The smallest absolute Gasteiger partial charge is 0.343 e. The predicted octanol–water partition coefficient (Wildman–Crippen LogP) is 1.95. The molecule has 4 rings (SSSR count). The molecule has 32 heavy (non-hydrogen) atoms. The number of benzene rings is 2. The van der Waals surface area contributed by atoms with Gasteiger partial charge in [0.05, 0.1) is 15.9 Å². The zero-order valence-electron chi connectivity index (χ0n) is 18.2. The summed E-state index contributed by atoms with van der Waals surface area (Å²) in [6.07, 6.45) is 3.61. The van der Waals surface area contributed by atoms with Gasteiger partial charge in [-0.05, 0) is 62.7 Å². The van der Waals surface area contributed by atoms with E-state index in [1.54, 1.807) is 43.3 Å². The van der Waals surface area contributed by atoms with E-state index in [4.69, 9.17) is 0 Å². The van der Waals surface area contributed by atoms with E-state index in [1.807, 2.05) is 0 Å². The van der Waals surface area contributed by atoms with Crippen molar-refractivity contribution in [2.45, 2.75) is 37.6 Å². The molecule has 0 atom stereocenters. The first-order valence-electron chi connectivity index (χ1n) is 10.9. The summed E-state index contributed by atoms with van der Waals surface area (Å²) in [5.41, 5.74) is 0.676. The molecule has 9 heteroatoms. The Morgan fingerprint density at radius 2 is 1.72 bits per heavy atom. The maximum atomic E-state index is 13.3. The van der Waals surface area contributed by atoms with E-state index in [0.717, 1.165) is 29.2 Å². The first kappa shape index (κ1) is 22.3. The van der Waals surface area contributed by atoms with Crippen molar-refractivity contribution in [1.29, 1.82) is 0 Å². The molecule has 1 aromatic heterocycles. The van der Waals surface area contributed by atoms with E-state index in [1.165, 1.54) is 36.0 Å². The molecule has 0 saturated carbocycles. The van der Waals surface area contributed by atoms with Gasteiger partial charge in [-0.3, -0.25) is 9.36 Å². The van der Waals surface area contributed by atoms with E-state index in [2.05, 4.69) is 10.2 Å². The molecule has 170 valence electrons. The lowest BCUT2D eigenvalue weighted by Gasteiger charge is -2.26. The lowest BCUT2D eigenvalue weighted by Crippen LogP contribution is -2.40. The van der Waals surface area contributed by atoms with Crippen LogP contribution in [0.3, 0.4) is 0 Å². The van der Waals surface area contributed by atoms with Crippen LogP contribution in [0.25, 0.3) is 11.0 Å². The lowest BCUT2D eigenvalue weighted by molar-refractivity contribution is -0.121. The Bertz CT molecular complexity index is 1290. The molecule has 0 unspecified atom stereocenters. The van der Waals surface area contributed by atoms with Gasteiger partial charge in [-0.1, -0.05) is 30.7 Å². The third kappa shape index (κ3) is 4.49. The quantitative estimate of drug-likeness (QED) is 0.587. The first-order chi connectivity index (χ1) is 15.4. The Kier molecular flexibility index (Phi) is 6.48. The van der Waals surface area contributed by atoms with Crippen molar-refractivity contribution in [3.8, 4) is 0 Å². The number of piperidine rings is 1. The molecule has 1 saturated heterocycles. The minimum absolute atomic E-state index is 0.0356. The number of aryl methyl sites for hydroxylation is 1. The highest BCUT2D eigenvalue weighted by Gasteiger charge is 2.26. The number of nitrogens with zero attached hydrogens (tertiary/aromatic N) is 3. The second kappa shape index (κ2) is 9.30. The summed E-state index contributed by atoms with van der Waals surface area (Å²) >= 11 is 0. The molecule has 0 aliphatic carbocycles. The Morgan fingerprint density at radius 1 is 1.00 bits per heavy atom. The fourth-order valence-corrected chi connectivity index (χ4v) is 5.70. The number of aromatic nitrogens is 2. The number of amides is 1. The van der Waals surface area contributed by atoms with Crippen molar-refractivity contribution in [2.75, 3.05) is 26.2 Å². The van der Waals surface area contributed by atoms with Gasteiger partial charge in [0.15, 0.2) is 0 Å². The Morgan fingerprint density at radius 3 is 2.44 bits per heavy atom. The summed E-state index contributed by atoms with van der Waals surface area (Å²) in [4.78, 5) is 28.1. The molecule has 2 aromatic carbocycles. The van der Waals surface area contributed by atoms with E-state index < -0.39 is 15.7 Å². The lowest BCUT2D eigenvalue weighted by atomic mass is 10.1. The molecule has 0 spiro atoms. The molecule has 1 amide bonds. The van der Waals surface area contributed by atoms with Crippen LogP contribution < -0.4 is 11.0 Å². The largest absolute Gasteiger partial charge is 0.353 e. The van der Waals surface area contributed by atoms with E-state index in [9.17, 15) is 18.0 Å². The molecular weight excluding hydrogens is 428 g/mol. The standard InChI is InChI=1S/C23H28N4O4S/c1-18-8-7-9-19(16-18)32(30,31)27-21-11-4-3-10-20(21)26(23(27)29)17-22(28)24-12-15-25-13-5-2-6-14-25/h3-4,7-11,16H,2,5-6,12-15,17H2,1H3,(H,24,28). The van der Waals surface area contributed by atoms with Crippen LogP contribution in [0.15, 0.2) is 58.2 Å². The monoisotopic (exact) mass is 456 g/mol. The van der Waals surface area contributed by atoms with Gasteiger partial charge in [0.1, 0.15) is 6.54 Å². The predicted molar refractivity (Wildman–Crippen MR) is 123 cm³/mol. The minimum atomic E-state index is -4.12. The molecule has 1 aliphatic heterocycles. The number of fused-ring (bicyclic) bond motifs is 1. The van der Waals surface area contributed by atoms with Gasteiger partial charge in [0.2, 0.25) is 5.91 Å². The van der Waals surface area contributed by atoms with Crippen LogP contribution in [-0.4, -0.2) is 53.9 Å². The fourth-order valence-electron chi connectivity index (χ4n) is 4.18. The fraction of sp³-hybridized carbons (Fsp3) is 0.391. The summed E-state index contributed by atoms with van der Waals surface area (Å²) in [7, 11) is -4.12. The molecular formula is C23H28N4O4S. The zero-order valence-corrected chi connectivity index (χ0v) is 19.0. The van der Waals surface area contributed by atoms with Crippen molar-refractivity contribution in [2.24, 2.45) is 0 Å². The highest BCUT2D eigenvalue weighted by molar-refractivity contribution is 7.90. The molecule has 1 N–H and O–H groups in total. The van der Waals surface area contributed by atoms with Gasteiger partial charge in [-0.15, -0.1) is 0 Å². The van der Waals surface area contributed by atoms with E-state index in [-0.39, 0.29) is 22.9 Å². The van der Waals surface area contributed by atoms with Crippen molar-refractivity contribution < 1.29 is 13.2 Å². The molecule has 8 nitrogen and oxygen atoms in total. The molecule has 3 aromatic rings. The maximum Gasteiger partial charge on any atom is 0.343 e. The van der Waals surface area contributed by atoms with Crippen LogP contribution >= 0.6 is 0 Å². The van der Waals surface area contributed by atoms with Gasteiger partial charge in [0, 0.05) is 13.1 Å². The van der Waals surface area contributed by atoms with E-state index >= 15 is 0 Å². The maximum absolute atomic E-state index is 13.3. The van der Waals surface area contributed by atoms with Gasteiger partial charge >= 0.3 is 5.69 Å². The van der Waals surface area contributed by atoms with Crippen molar-refractivity contribution in [3.63, 3.8) is 0 Å². The number of imidazole rings is 1. The Balaban J connectivity index is 1.60.